The van der Waals surface area contributed by atoms with Crippen LogP contribution in [0.25, 0.3) is 0 Å². The Labute approximate surface area is 146 Å². The van der Waals surface area contributed by atoms with Crippen LogP contribution in [0.5, 0.6) is 11.5 Å². The van der Waals surface area contributed by atoms with Gasteiger partial charge in [0.1, 0.15) is 11.5 Å². The standard InChI is InChI=1S/C19H19ClO4/c1-3-23-19(21)13-5-4-12-8-14(11-24-18(12)9-13)16-7-6-15(22-2)10-17(16)20/h4-7,9-10,14H,3,8,11H2,1-2H3. The first-order valence-electron chi connectivity index (χ1n) is 7.88. The summed E-state index contributed by atoms with van der Waals surface area (Å²) < 4.78 is 16.1. The molecule has 0 fully saturated rings. The summed E-state index contributed by atoms with van der Waals surface area (Å²) in [6, 6.07) is 11.1. The van der Waals surface area contributed by atoms with Gasteiger partial charge in [0.05, 0.1) is 25.9 Å². The molecule has 4 nitrogen and oxygen atoms in total. The van der Waals surface area contributed by atoms with Crippen LogP contribution in [0.4, 0.5) is 0 Å². The van der Waals surface area contributed by atoms with Gasteiger partial charge in [-0.2, -0.15) is 0 Å². The van der Waals surface area contributed by atoms with E-state index in [4.69, 9.17) is 25.8 Å². The summed E-state index contributed by atoms with van der Waals surface area (Å²) in [5.41, 5.74) is 2.61. The topological polar surface area (TPSA) is 44.8 Å². The van der Waals surface area contributed by atoms with Crippen molar-refractivity contribution >= 4 is 17.6 Å². The van der Waals surface area contributed by atoms with Crippen LogP contribution in [0.3, 0.4) is 0 Å². The molecule has 0 amide bonds. The van der Waals surface area contributed by atoms with Gasteiger partial charge in [-0.15, -0.1) is 0 Å². The Morgan fingerprint density at radius 1 is 1.29 bits per heavy atom. The number of carbonyl (C=O) groups is 1. The molecule has 2 aromatic carbocycles. The third-order valence-corrected chi connectivity index (χ3v) is 4.46. The highest BCUT2D eigenvalue weighted by atomic mass is 35.5. The summed E-state index contributed by atoms with van der Waals surface area (Å²) in [6.45, 7) is 2.66. The van der Waals surface area contributed by atoms with E-state index in [0.29, 0.717) is 23.8 Å². The lowest BCUT2D eigenvalue weighted by Crippen LogP contribution is -2.20. The molecule has 1 heterocycles. The lowest BCUT2D eigenvalue weighted by molar-refractivity contribution is 0.0525. The fourth-order valence-corrected chi connectivity index (χ4v) is 3.20. The largest absolute Gasteiger partial charge is 0.497 e. The average molecular weight is 347 g/mol. The maximum atomic E-state index is 11.8. The lowest BCUT2D eigenvalue weighted by Gasteiger charge is -2.26. The van der Waals surface area contributed by atoms with Crippen LogP contribution in [0.1, 0.15) is 34.3 Å². The molecule has 0 aliphatic carbocycles. The summed E-state index contributed by atoms with van der Waals surface area (Å²) in [4.78, 5) is 11.8. The van der Waals surface area contributed by atoms with Crippen LogP contribution in [-0.2, 0) is 11.2 Å². The molecule has 0 saturated carbocycles. The van der Waals surface area contributed by atoms with Crippen molar-refractivity contribution in [3.8, 4) is 11.5 Å². The van der Waals surface area contributed by atoms with Crippen molar-refractivity contribution < 1.29 is 19.0 Å². The van der Waals surface area contributed by atoms with Crippen LogP contribution >= 0.6 is 11.6 Å². The molecule has 24 heavy (non-hydrogen) atoms. The Morgan fingerprint density at radius 2 is 2.12 bits per heavy atom. The third kappa shape index (κ3) is 3.34. The summed E-state index contributed by atoms with van der Waals surface area (Å²) in [6.07, 6.45) is 0.810. The molecule has 1 atom stereocenters. The molecule has 126 valence electrons. The fourth-order valence-electron chi connectivity index (χ4n) is 2.88. The Bertz CT molecular complexity index is 757. The van der Waals surface area contributed by atoms with Gasteiger partial charge in [-0.3, -0.25) is 0 Å². The van der Waals surface area contributed by atoms with E-state index in [1.54, 1.807) is 26.2 Å². The second-order valence-electron chi connectivity index (χ2n) is 5.64. The highest BCUT2D eigenvalue weighted by molar-refractivity contribution is 6.31. The van der Waals surface area contributed by atoms with Crippen molar-refractivity contribution in [1.82, 2.24) is 0 Å². The molecule has 0 N–H and O–H groups in total. The first kappa shape index (κ1) is 16.7. The van der Waals surface area contributed by atoms with E-state index in [1.807, 2.05) is 24.3 Å². The molecular formula is C19H19ClO4. The highest BCUT2D eigenvalue weighted by Crippen LogP contribution is 2.36. The number of methoxy groups -OCH3 is 1. The van der Waals surface area contributed by atoms with Gasteiger partial charge in [0.2, 0.25) is 0 Å². The average Bonchev–Trinajstić information content (AvgIpc) is 2.61. The predicted octanol–water partition coefficient (Wildman–Crippen LogP) is 4.24. The quantitative estimate of drug-likeness (QED) is 0.776. The molecule has 0 spiro atoms. The van der Waals surface area contributed by atoms with E-state index in [9.17, 15) is 4.79 Å². The molecule has 0 aromatic heterocycles. The first-order chi connectivity index (χ1) is 11.6. The van der Waals surface area contributed by atoms with Gasteiger partial charge in [0.15, 0.2) is 0 Å². The number of halogens is 1. The Kier molecular flexibility index (Phi) is 4.95. The van der Waals surface area contributed by atoms with Crippen LogP contribution in [-0.4, -0.2) is 26.3 Å². The Morgan fingerprint density at radius 3 is 2.83 bits per heavy atom. The number of ether oxygens (including phenoxy) is 3. The zero-order valence-corrected chi connectivity index (χ0v) is 14.4. The van der Waals surface area contributed by atoms with Crippen molar-refractivity contribution in [2.45, 2.75) is 19.3 Å². The first-order valence-corrected chi connectivity index (χ1v) is 8.26. The molecule has 0 saturated heterocycles. The molecule has 5 heteroatoms. The molecular weight excluding hydrogens is 328 g/mol. The number of rotatable bonds is 4. The van der Waals surface area contributed by atoms with Crippen molar-refractivity contribution in [1.29, 1.82) is 0 Å². The van der Waals surface area contributed by atoms with Gasteiger partial charge in [-0.1, -0.05) is 23.7 Å². The number of hydrogen-bond donors (Lipinski definition) is 0. The van der Waals surface area contributed by atoms with Crippen molar-refractivity contribution in [3.63, 3.8) is 0 Å². The number of esters is 1. The van der Waals surface area contributed by atoms with Gasteiger partial charge < -0.3 is 14.2 Å². The van der Waals surface area contributed by atoms with Gasteiger partial charge in [-0.25, -0.2) is 4.79 Å². The number of hydrogen-bond acceptors (Lipinski definition) is 4. The van der Waals surface area contributed by atoms with Crippen molar-refractivity contribution in [2.75, 3.05) is 20.3 Å². The van der Waals surface area contributed by atoms with Crippen LogP contribution in [0, 0.1) is 0 Å². The van der Waals surface area contributed by atoms with E-state index < -0.39 is 0 Å². The van der Waals surface area contributed by atoms with E-state index in [-0.39, 0.29) is 11.9 Å². The molecule has 3 rings (SSSR count). The molecule has 1 aliphatic rings. The summed E-state index contributed by atoms with van der Waals surface area (Å²) >= 11 is 6.37. The van der Waals surface area contributed by atoms with Gasteiger partial charge in [0.25, 0.3) is 0 Å². The van der Waals surface area contributed by atoms with Gasteiger partial charge in [0, 0.05) is 10.9 Å². The lowest BCUT2D eigenvalue weighted by atomic mass is 9.90. The minimum Gasteiger partial charge on any atom is -0.497 e. The number of carbonyl (C=O) groups excluding carboxylic acids is 1. The number of fused-ring (bicyclic) bond motifs is 1. The van der Waals surface area contributed by atoms with Gasteiger partial charge >= 0.3 is 5.97 Å². The summed E-state index contributed by atoms with van der Waals surface area (Å²) in [5.74, 6) is 1.31. The molecule has 1 unspecified atom stereocenters. The molecule has 2 aromatic rings. The maximum absolute atomic E-state index is 11.8. The zero-order valence-electron chi connectivity index (χ0n) is 13.7. The second kappa shape index (κ2) is 7.14. The molecule has 0 radical (unpaired) electrons. The predicted molar refractivity (Wildman–Crippen MR) is 92.3 cm³/mol. The van der Waals surface area contributed by atoms with Gasteiger partial charge in [-0.05, 0) is 48.7 Å². The van der Waals surface area contributed by atoms with Crippen LogP contribution in [0.15, 0.2) is 36.4 Å². The fraction of sp³-hybridized carbons (Fsp3) is 0.316. The third-order valence-electron chi connectivity index (χ3n) is 4.13. The van der Waals surface area contributed by atoms with Crippen molar-refractivity contribution in [2.24, 2.45) is 0 Å². The van der Waals surface area contributed by atoms with E-state index in [0.717, 1.165) is 29.0 Å². The zero-order chi connectivity index (χ0) is 17.1. The van der Waals surface area contributed by atoms with E-state index >= 15 is 0 Å². The minimum absolute atomic E-state index is 0.171. The minimum atomic E-state index is -0.329. The van der Waals surface area contributed by atoms with Crippen molar-refractivity contribution in [3.05, 3.63) is 58.1 Å². The smallest absolute Gasteiger partial charge is 0.338 e. The maximum Gasteiger partial charge on any atom is 0.338 e. The van der Waals surface area contributed by atoms with E-state index in [1.165, 1.54) is 0 Å². The summed E-state index contributed by atoms with van der Waals surface area (Å²) in [7, 11) is 1.62. The Balaban J connectivity index is 1.81. The highest BCUT2D eigenvalue weighted by Gasteiger charge is 2.24. The van der Waals surface area contributed by atoms with E-state index in [2.05, 4.69) is 0 Å². The number of benzene rings is 2. The SMILES string of the molecule is CCOC(=O)c1ccc2c(c1)OCC(c1ccc(OC)cc1Cl)C2. The second-order valence-corrected chi connectivity index (χ2v) is 6.05. The summed E-state index contributed by atoms with van der Waals surface area (Å²) in [5, 5.41) is 0.676. The van der Waals surface area contributed by atoms with Crippen LogP contribution < -0.4 is 9.47 Å². The molecule has 0 bridgehead atoms. The normalized spacial score (nSPS) is 16.0. The molecule has 1 aliphatic heterocycles. The van der Waals surface area contributed by atoms with Crippen LogP contribution in [0.2, 0.25) is 5.02 Å². The monoisotopic (exact) mass is 346 g/mol. The Hall–Kier alpha value is -2.20.